The number of hydrogen-bond donors (Lipinski definition) is 2. The number of aryl methyl sites for hydroxylation is 2. The monoisotopic (exact) mass is 240 g/mol. The molecular formula is C14H12N2O2. The Morgan fingerprint density at radius 2 is 1.06 bits per heavy atom. The van der Waals surface area contributed by atoms with E-state index in [0.29, 0.717) is 22.1 Å². The zero-order chi connectivity index (χ0) is 12.9. The second-order valence-corrected chi connectivity index (χ2v) is 4.42. The van der Waals surface area contributed by atoms with E-state index < -0.39 is 0 Å². The van der Waals surface area contributed by atoms with Crippen LogP contribution in [0, 0.1) is 13.8 Å². The van der Waals surface area contributed by atoms with Crippen molar-refractivity contribution in [2.75, 3.05) is 0 Å². The molecule has 0 spiro atoms. The lowest BCUT2D eigenvalue weighted by Gasteiger charge is -2.08. The van der Waals surface area contributed by atoms with Gasteiger partial charge in [-0.25, -0.2) is 9.97 Å². The Morgan fingerprint density at radius 1 is 0.667 bits per heavy atom. The third kappa shape index (κ3) is 1.39. The summed E-state index contributed by atoms with van der Waals surface area (Å²) in [6.45, 7) is 3.83. The van der Waals surface area contributed by atoms with E-state index in [9.17, 15) is 10.2 Å². The molecule has 0 saturated carbocycles. The molecule has 0 bridgehead atoms. The van der Waals surface area contributed by atoms with Gasteiger partial charge in [-0.1, -0.05) is 12.1 Å². The van der Waals surface area contributed by atoms with Gasteiger partial charge >= 0.3 is 0 Å². The zero-order valence-corrected chi connectivity index (χ0v) is 10.1. The van der Waals surface area contributed by atoms with E-state index in [-0.39, 0.29) is 11.5 Å². The number of phenols is 2. The van der Waals surface area contributed by atoms with E-state index in [4.69, 9.17) is 0 Å². The topological polar surface area (TPSA) is 66.2 Å². The summed E-state index contributed by atoms with van der Waals surface area (Å²) in [7, 11) is 0. The lowest BCUT2D eigenvalue weighted by Crippen LogP contribution is -1.92. The average molecular weight is 240 g/mol. The molecule has 0 aliphatic rings. The number of phenolic OH excluding ortho intramolecular Hbond substituents is 2. The first-order chi connectivity index (χ1) is 8.58. The SMILES string of the molecule is Cc1ccc(O)c2nc3c(O)ccc(C)c3nc12. The summed E-state index contributed by atoms with van der Waals surface area (Å²) < 4.78 is 0. The van der Waals surface area contributed by atoms with Gasteiger partial charge < -0.3 is 10.2 Å². The summed E-state index contributed by atoms with van der Waals surface area (Å²) in [6.07, 6.45) is 0. The fourth-order valence-electron chi connectivity index (χ4n) is 2.07. The largest absolute Gasteiger partial charge is 0.506 e. The molecule has 3 rings (SSSR count). The zero-order valence-electron chi connectivity index (χ0n) is 10.1. The van der Waals surface area contributed by atoms with E-state index in [1.165, 1.54) is 0 Å². The van der Waals surface area contributed by atoms with Crippen LogP contribution in [0.4, 0.5) is 0 Å². The Morgan fingerprint density at radius 3 is 1.50 bits per heavy atom. The van der Waals surface area contributed by atoms with E-state index in [1.807, 2.05) is 13.8 Å². The smallest absolute Gasteiger partial charge is 0.143 e. The first-order valence-corrected chi connectivity index (χ1v) is 5.66. The summed E-state index contributed by atoms with van der Waals surface area (Å²) in [5, 5.41) is 19.7. The van der Waals surface area contributed by atoms with Gasteiger partial charge in [-0.2, -0.15) is 0 Å². The highest BCUT2D eigenvalue weighted by Gasteiger charge is 2.11. The van der Waals surface area contributed by atoms with Crippen molar-refractivity contribution >= 4 is 22.1 Å². The standard InChI is InChI=1S/C14H12N2O2/c1-7-3-5-9(17)13-11(7)15-12-8(2)4-6-10(18)14(12)16-13/h3-6,17-18H,1-2H3. The van der Waals surface area contributed by atoms with E-state index >= 15 is 0 Å². The number of aromatic nitrogens is 2. The average Bonchev–Trinajstić information content (AvgIpc) is 2.37. The van der Waals surface area contributed by atoms with Crippen molar-refractivity contribution in [2.45, 2.75) is 13.8 Å². The summed E-state index contributed by atoms with van der Waals surface area (Å²) in [5.74, 6) is 0.150. The molecule has 2 N–H and O–H groups in total. The van der Waals surface area contributed by atoms with Gasteiger partial charge in [-0.15, -0.1) is 0 Å². The molecule has 3 aromatic rings. The molecule has 0 aliphatic heterocycles. The molecule has 90 valence electrons. The Balaban J connectivity index is 2.59. The predicted octanol–water partition coefficient (Wildman–Crippen LogP) is 2.81. The van der Waals surface area contributed by atoms with Crippen LogP contribution in [-0.4, -0.2) is 20.2 Å². The molecule has 0 aliphatic carbocycles. The second kappa shape index (κ2) is 3.57. The van der Waals surface area contributed by atoms with Crippen LogP contribution in [0.5, 0.6) is 11.5 Å². The molecule has 0 unspecified atom stereocenters. The number of aromatic hydroxyl groups is 2. The van der Waals surface area contributed by atoms with Crippen LogP contribution >= 0.6 is 0 Å². The number of benzene rings is 2. The lowest BCUT2D eigenvalue weighted by atomic mass is 10.1. The fourth-order valence-corrected chi connectivity index (χ4v) is 2.07. The molecule has 0 radical (unpaired) electrons. The Kier molecular flexibility index (Phi) is 2.13. The number of rotatable bonds is 0. The molecule has 1 aromatic heterocycles. The third-order valence-electron chi connectivity index (χ3n) is 3.11. The molecule has 18 heavy (non-hydrogen) atoms. The van der Waals surface area contributed by atoms with Crippen molar-refractivity contribution in [1.82, 2.24) is 9.97 Å². The number of nitrogens with zero attached hydrogens (tertiary/aromatic N) is 2. The fraction of sp³-hybridized carbons (Fsp3) is 0.143. The van der Waals surface area contributed by atoms with E-state index in [1.54, 1.807) is 24.3 Å². The van der Waals surface area contributed by atoms with Crippen molar-refractivity contribution in [3.63, 3.8) is 0 Å². The summed E-state index contributed by atoms with van der Waals surface area (Å²) in [6, 6.07) is 6.78. The maximum Gasteiger partial charge on any atom is 0.143 e. The van der Waals surface area contributed by atoms with Gasteiger partial charge in [0.1, 0.15) is 22.5 Å². The van der Waals surface area contributed by atoms with E-state index in [0.717, 1.165) is 11.1 Å². The minimum atomic E-state index is 0.0749. The van der Waals surface area contributed by atoms with Crippen molar-refractivity contribution in [3.8, 4) is 11.5 Å². The van der Waals surface area contributed by atoms with Gasteiger partial charge in [0.05, 0.1) is 11.0 Å². The van der Waals surface area contributed by atoms with Crippen LogP contribution in [0.15, 0.2) is 24.3 Å². The Labute approximate surface area is 104 Å². The summed E-state index contributed by atoms with van der Waals surface area (Å²) in [4.78, 5) is 8.85. The third-order valence-corrected chi connectivity index (χ3v) is 3.11. The van der Waals surface area contributed by atoms with Crippen molar-refractivity contribution < 1.29 is 10.2 Å². The van der Waals surface area contributed by atoms with Crippen LogP contribution in [0.25, 0.3) is 22.1 Å². The highest BCUT2D eigenvalue weighted by atomic mass is 16.3. The van der Waals surface area contributed by atoms with Gasteiger partial charge in [0.15, 0.2) is 0 Å². The van der Waals surface area contributed by atoms with E-state index in [2.05, 4.69) is 9.97 Å². The van der Waals surface area contributed by atoms with Crippen LogP contribution in [0.1, 0.15) is 11.1 Å². The number of hydrogen-bond acceptors (Lipinski definition) is 4. The lowest BCUT2D eigenvalue weighted by molar-refractivity contribution is 0.478. The molecule has 1 heterocycles. The summed E-state index contributed by atoms with van der Waals surface area (Å²) >= 11 is 0. The molecule has 0 atom stereocenters. The van der Waals surface area contributed by atoms with Gasteiger partial charge in [0.2, 0.25) is 0 Å². The first kappa shape index (κ1) is 10.8. The second-order valence-electron chi connectivity index (χ2n) is 4.42. The number of fused-ring (bicyclic) bond motifs is 2. The highest BCUT2D eigenvalue weighted by molar-refractivity contribution is 5.94. The quantitative estimate of drug-likeness (QED) is 0.593. The van der Waals surface area contributed by atoms with Gasteiger partial charge in [0, 0.05) is 0 Å². The molecular weight excluding hydrogens is 228 g/mol. The Bertz CT molecular complexity index is 653. The Hall–Kier alpha value is -2.36. The molecule has 4 heteroatoms. The summed E-state index contributed by atoms with van der Waals surface area (Å²) in [5.41, 5.74) is 4.05. The van der Waals surface area contributed by atoms with Crippen LogP contribution in [0.3, 0.4) is 0 Å². The van der Waals surface area contributed by atoms with Gasteiger partial charge in [0.25, 0.3) is 0 Å². The van der Waals surface area contributed by atoms with Gasteiger partial charge in [-0.05, 0) is 37.1 Å². The first-order valence-electron chi connectivity index (χ1n) is 5.66. The maximum absolute atomic E-state index is 9.83. The molecule has 0 amide bonds. The van der Waals surface area contributed by atoms with Crippen molar-refractivity contribution in [3.05, 3.63) is 35.4 Å². The minimum Gasteiger partial charge on any atom is -0.506 e. The minimum absolute atomic E-state index is 0.0749. The molecule has 0 fully saturated rings. The van der Waals surface area contributed by atoms with Crippen molar-refractivity contribution in [1.29, 1.82) is 0 Å². The van der Waals surface area contributed by atoms with Crippen molar-refractivity contribution in [2.24, 2.45) is 0 Å². The normalized spacial score (nSPS) is 11.2. The van der Waals surface area contributed by atoms with Gasteiger partial charge in [-0.3, -0.25) is 0 Å². The molecule has 4 nitrogen and oxygen atoms in total. The maximum atomic E-state index is 9.83. The molecule has 0 saturated heterocycles. The highest BCUT2D eigenvalue weighted by Crippen LogP contribution is 2.30. The van der Waals surface area contributed by atoms with Crippen LogP contribution < -0.4 is 0 Å². The van der Waals surface area contributed by atoms with Crippen LogP contribution in [-0.2, 0) is 0 Å². The predicted molar refractivity (Wildman–Crippen MR) is 69.8 cm³/mol. The van der Waals surface area contributed by atoms with Crippen LogP contribution in [0.2, 0.25) is 0 Å². The molecule has 2 aromatic carbocycles.